The van der Waals surface area contributed by atoms with Gasteiger partial charge in [0, 0.05) is 24.9 Å². The zero-order valence-electron chi connectivity index (χ0n) is 11.8. The predicted octanol–water partition coefficient (Wildman–Crippen LogP) is 2.42. The summed E-state index contributed by atoms with van der Waals surface area (Å²) in [6, 6.07) is 4.67. The molecule has 1 aromatic carbocycles. The van der Waals surface area contributed by atoms with Crippen molar-refractivity contribution in [1.29, 1.82) is 0 Å². The molecule has 0 heterocycles. The van der Waals surface area contributed by atoms with Gasteiger partial charge in [0.15, 0.2) is 11.6 Å². The molecule has 1 fully saturated rings. The summed E-state index contributed by atoms with van der Waals surface area (Å²) in [5.41, 5.74) is 0.618. The summed E-state index contributed by atoms with van der Waals surface area (Å²) in [5, 5.41) is 12.7. The molecule has 4 nitrogen and oxygen atoms in total. The van der Waals surface area contributed by atoms with Crippen LogP contribution in [0.25, 0.3) is 0 Å². The quantitative estimate of drug-likeness (QED) is 0.731. The SMILES string of the molecule is CCOc1ccc(NCC(O)COCC2CC2)cc1F. The molecule has 1 aromatic rings. The lowest BCUT2D eigenvalue weighted by Crippen LogP contribution is -2.25. The van der Waals surface area contributed by atoms with Crippen molar-refractivity contribution in [2.45, 2.75) is 25.9 Å². The van der Waals surface area contributed by atoms with E-state index in [-0.39, 0.29) is 5.75 Å². The number of halogens is 1. The van der Waals surface area contributed by atoms with E-state index in [0.717, 1.165) is 6.61 Å². The van der Waals surface area contributed by atoms with Gasteiger partial charge in [-0.05, 0) is 37.8 Å². The lowest BCUT2D eigenvalue weighted by molar-refractivity contribution is 0.0386. The van der Waals surface area contributed by atoms with E-state index in [1.807, 2.05) is 6.92 Å². The number of rotatable bonds is 9. The van der Waals surface area contributed by atoms with Crippen LogP contribution in [0, 0.1) is 11.7 Å². The lowest BCUT2D eigenvalue weighted by atomic mass is 10.2. The third kappa shape index (κ3) is 4.98. The molecule has 112 valence electrons. The van der Waals surface area contributed by atoms with Gasteiger partial charge in [0.2, 0.25) is 0 Å². The predicted molar refractivity (Wildman–Crippen MR) is 75.6 cm³/mol. The summed E-state index contributed by atoms with van der Waals surface area (Å²) >= 11 is 0. The molecule has 1 aliphatic rings. The molecule has 0 radical (unpaired) electrons. The maximum atomic E-state index is 13.6. The Morgan fingerprint density at radius 3 is 2.90 bits per heavy atom. The molecule has 20 heavy (non-hydrogen) atoms. The van der Waals surface area contributed by atoms with Crippen molar-refractivity contribution in [2.75, 3.05) is 31.7 Å². The highest BCUT2D eigenvalue weighted by Crippen LogP contribution is 2.28. The first-order valence-electron chi connectivity index (χ1n) is 7.11. The van der Waals surface area contributed by atoms with Gasteiger partial charge in [0.1, 0.15) is 0 Å². The van der Waals surface area contributed by atoms with E-state index in [1.165, 1.54) is 18.9 Å². The van der Waals surface area contributed by atoms with Crippen molar-refractivity contribution in [1.82, 2.24) is 0 Å². The van der Waals surface area contributed by atoms with Crippen LogP contribution < -0.4 is 10.1 Å². The number of aliphatic hydroxyl groups excluding tert-OH is 1. The monoisotopic (exact) mass is 283 g/mol. The van der Waals surface area contributed by atoms with E-state index in [0.29, 0.717) is 31.4 Å². The molecule has 2 N–H and O–H groups in total. The summed E-state index contributed by atoms with van der Waals surface area (Å²) in [6.07, 6.45) is 1.88. The van der Waals surface area contributed by atoms with E-state index in [4.69, 9.17) is 9.47 Å². The third-order valence-corrected chi connectivity index (χ3v) is 3.13. The van der Waals surface area contributed by atoms with Crippen molar-refractivity contribution < 1.29 is 19.0 Å². The molecule has 0 aliphatic heterocycles. The number of benzene rings is 1. The highest BCUT2D eigenvalue weighted by Gasteiger charge is 2.21. The van der Waals surface area contributed by atoms with Crippen LogP contribution in [-0.2, 0) is 4.74 Å². The van der Waals surface area contributed by atoms with Crippen LogP contribution in [0.1, 0.15) is 19.8 Å². The van der Waals surface area contributed by atoms with Gasteiger partial charge in [-0.1, -0.05) is 0 Å². The Morgan fingerprint density at radius 1 is 1.45 bits per heavy atom. The van der Waals surface area contributed by atoms with E-state index in [2.05, 4.69) is 5.32 Å². The molecule has 5 heteroatoms. The van der Waals surface area contributed by atoms with E-state index < -0.39 is 11.9 Å². The molecule has 1 aliphatic carbocycles. The van der Waals surface area contributed by atoms with Crippen molar-refractivity contribution >= 4 is 5.69 Å². The fourth-order valence-corrected chi connectivity index (χ4v) is 1.83. The van der Waals surface area contributed by atoms with Crippen molar-refractivity contribution in [3.8, 4) is 5.75 Å². The largest absolute Gasteiger partial charge is 0.491 e. The van der Waals surface area contributed by atoms with Gasteiger partial charge in [-0.25, -0.2) is 4.39 Å². The van der Waals surface area contributed by atoms with Crippen LogP contribution in [-0.4, -0.2) is 37.6 Å². The van der Waals surface area contributed by atoms with E-state index >= 15 is 0 Å². The Hall–Kier alpha value is -1.33. The minimum atomic E-state index is -0.594. The normalized spacial score (nSPS) is 15.9. The molecule has 0 spiro atoms. The van der Waals surface area contributed by atoms with Crippen molar-refractivity contribution in [3.63, 3.8) is 0 Å². The second kappa shape index (κ2) is 7.45. The number of hydrogen-bond donors (Lipinski definition) is 2. The first-order chi connectivity index (χ1) is 9.69. The van der Waals surface area contributed by atoms with Crippen LogP contribution >= 0.6 is 0 Å². The Kier molecular flexibility index (Phi) is 5.61. The van der Waals surface area contributed by atoms with Gasteiger partial charge >= 0.3 is 0 Å². The van der Waals surface area contributed by atoms with E-state index in [1.54, 1.807) is 12.1 Å². The first kappa shape index (κ1) is 15.1. The second-order valence-corrected chi connectivity index (χ2v) is 5.09. The topological polar surface area (TPSA) is 50.7 Å². The summed E-state index contributed by atoms with van der Waals surface area (Å²) < 4.78 is 24.1. The molecule has 0 amide bonds. The van der Waals surface area contributed by atoms with Gasteiger partial charge in [0.25, 0.3) is 0 Å². The third-order valence-electron chi connectivity index (χ3n) is 3.13. The number of anilines is 1. The van der Waals surface area contributed by atoms with Gasteiger partial charge in [-0.15, -0.1) is 0 Å². The van der Waals surface area contributed by atoms with Gasteiger partial charge in [0.05, 0.1) is 19.3 Å². The van der Waals surface area contributed by atoms with E-state index in [9.17, 15) is 9.50 Å². The van der Waals surface area contributed by atoms with Crippen LogP contribution in [0.4, 0.5) is 10.1 Å². The van der Waals surface area contributed by atoms with Crippen LogP contribution in [0.2, 0.25) is 0 Å². The Morgan fingerprint density at radius 2 is 2.25 bits per heavy atom. The zero-order valence-corrected chi connectivity index (χ0v) is 11.8. The van der Waals surface area contributed by atoms with Gasteiger partial charge in [-0.2, -0.15) is 0 Å². The molecule has 2 rings (SSSR count). The van der Waals surface area contributed by atoms with Crippen LogP contribution in [0.15, 0.2) is 18.2 Å². The Balaban J connectivity index is 1.70. The minimum absolute atomic E-state index is 0.242. The minimum Gasteiger partial charge on any atom is -0.491 e. The zero-order chi connectivity index (χ0) is 14.4. The van der Waals surface area contributed by atoms with Crippen molar-refractivity contribution in [3.05, 3.63) is 24.0 Å². The first-order valence-corrected chi connectivity index (χ1v) is 7.11. The number of hydrogen-bond acceptors (Lipinski definition) is 4. The van der Waals surface area contributed by atoms with Crippen LogP contribution in [0.5, 0.6) is 5.75 Å². The summed E-state index contributed by atoms with van der Waals surface area (Å²) in [4.78, 5) is 0. The fourth-order valence-electron chi connectivity index (χ4n) is 1.83. The summed E-state index contributed by atoms with van der Waals surface area (Å²) in [6.45, 7) is 3.61. The average molecular weight is 283 g/mol. The number of ether oxygens (including phenoxy) is 2. The maximum Gasteiger partial charge on any atom is 0.167 e. The molecule has 0 saturated heterocycles. The molecule has 1 atom stereocenters. The molecular formula is C15H22FNO3. The van der Waals surface area contributed by atoms with Gasteiger partial charge < -0.3 is 19.9 Å². The van der Waals surface area contributed by atoms with Crippen molar-refractivity contribution in [2.24, 2.45) is 5.92 Å². The summed E-state index contributed by atoms with van der Waals surface area (Å²) in [5.74, 6) is 0.526. The molecule has 1 unspecified atom stereocenters. The number of nitrogens with one attached hydrogen (secondary N) is 1. The highest BCUT2D eigenvalue weighted by molar-refractivity contribution is 5.47. The Labute approximate surface area is 118 Å². The standard InChI is InChI=1S/C15H22FNO3/c1-2-20-15-6-5-12(7-14(15)16)17-8-13(18)10-19-9-11-3-4-11/h5-7,11,13,17-18H,2-4,8-10H2,1H3. The molecular weight excluding hydrogens is 261 g/mol. The molecule has 1 saturated carbocycles. The molecule has 0 aromatic heterocycles. The average Bonchev–Trinajstić information content (AvgIpc) is 3.23. The number of aliphatic hydroxyl groups is 1. The van der Waals surface area contributed by atoms with Gasteiger partial charge in [-0.3, -0.25) is 0 Å². The smallest absolute Gasteiger partial charge is 0.167 e. The maximum absolute atomic E-state index is 13.6. The summed E-state index contributed by atoms with van der Waals surface area (Å²) in [7, 11) is 0. The molecule has 0 bridgehead atoms. The Bertz CT molecular complexity index is 424. The lowest BCUT2D eigenvalue weighted by Gasteiger charge is -2.14. The van der Waals surface area contributed by atoms with Crippen LogP contribution in [0.3, 0.4) is 0 Å². The highest BCUT2D eigenvalue weighted by atomic mass is 19.1. The fraction of sp³-hybridized carbons (Fsp3) is 0.600. The second-order valence-electron chi connectivity index (χ2n) is 5.09.